The van der Waals surface area contributed by atoms with Crippen LogP contribution in [0.4, 0.5) is 5.69 Å². The van der Waals surface area contributed by atoms with Crippen molar-refractivity contribution in [3.05, 3.63) is 21.6 Å². The van der Waals surface area contributed by atoms with Gasteiger partial charge in [0.15, 0.2) is 0 Å². The summed E-state index contributed by atoms with van der Waals surface area (Å²) in [5, 5.41) is 0.284. The minimum Gasteiger partial charge on any atom is -0.398 e. The molecular formula is C12H16BrClN2O3S. The van der Waals surface area contributed by atoms with Gasteiger partial charge in [0, 0.05) is 23.4 Å². The number of hydrogen-bond donors (Lipinski definition) is 2. The summed E-state index contributed by atoms with van der Waals surface area (Å²) >= 11 is 9.05. The van der Waals surface area contributed by atoms with Crippen LogP contribution in [0, 0.1) is 0 Å². The Morgan fingerprint density at radius 3 is 2.75 bits per heavy atom. The largest absolute Gasteiger partial charge is 0.398 e. The lowest BCUT2D eigenvalue weighted by atomic mass is 9.90. The maximum atomic E-state index is 12.3. The molecular weight excluding hydrogens is 368 g/mol. The first-order valence-electron chi connectivity index (χ1n) is 6.22. The van der Waals surface area contributed by atoms with Crippen LogP contribution in [0.15, 0.2) is 21.5 Å². The van der Waals surface area contributed by atoms with Gasteiger partial charge in [-0.05, 0) is 47.8 Å². The number of benzene rings is 1. The van der Waals surface area contributed by atoms with Crippen molar-refractivity contribution in [2.75, 3.05) is 12.3 Å². The second kappa shape index (κ2) is 6.19. The van der Waals surface area contributed by atoms with Gasteiger partial charge in [0.1, 0.15) is 0 Å². The lowest BCUT2D eigenvalue weighted by Crippen LogP contribution is -2.47. The van der Waals surface area contributed by atoms with Crippen molar-refractivity contribution in [1.82, 2.24) is 4.72 Å². The molecule has 1 aromatic carbocycles. The van der Waals surface area contributed by atoms with Crippen molar-refractivity contribution in [1.29, 1.82) is 0 Å². The van der Waals surface area contributed by atoms with E-state index in [0.29, 0.717) is 29.6 Å². The third-order valence-corrected chi connectivity index (χ3v) is 6.05. The highest BCUT2D eigenvalue weighted by Crippen LogP contribution is 2.33. The molecule has 2 rings (SSSR count). The summed E-state index contributed by atoms with van der Waals surface area (Å²) in [6, 6.07) is 2.77. The quantitative estimate of drug-likeness (QED) is 0.766. The van der Waals surface area contributed by atoms with E-state index in [4.69, 9.17) is 22.1 Å². The van der Waals surface area contributed by atoms with Gasteiger partial charge in [-0.2, -0.15) is 0 Å². The molecule has 0 aromatic heterocycles. The van der Waals surface area contributed by atoms with Crippen LogP contribution >= 0.6 is 27.5 Å². The second-order valence-electron chi connectivity index (χ2n) is 4.67. The lowest BCUT2D eigenvalue weighted by molar-refractivity contribution is -0.00476. The predicted molar refractivity (Wildman–Crippen MR) is 82.3 cm³/mol. The van der Waals surface area contributed by atoms with Crippen LogP contribution in [-0.2, 0) is 14.8 Å². The number of sulfonamides is 1. The summed E-state index contributed by atoms with van der Waals surface area (Å²) in [6.45, 7) is 2.56. The Labute approximate surface area is 132 Å². The smallest absolute Gasteiger partial charge is 0.242 e. The Morgan fingerprint density at radius 1 is 1.50 bits per heavy atom. The number of anilines is 1. The van der Waals surface area contributed by atoms with Gasteiger partial charge < -0.3 is 10.5 Å². The summed E-state index contributed by atoms with van der Waals surface area (Å²) in [6.07, 6.45) is 1.50. The molecule has 1 aliphatic carbocycles. The van der Waals surface area contributed by atoms with Crippen LogP contribution in [-0.4, -0.2) is 27.2 Å². The third kappa shape index (κ3) is 3.46. The summed E-state index contributed by atoms with van der Waals surface area (Å²) < 4.78 is 33.0. The van der Waals surface area contributed by atoms with Gasteiger partial charge in [0.2, 0.25) is 10.0 Å². The van der Waals surface area contributed by atoms with Crippen LogP contribution < -0.4 is 10.5 Å². The molecule has 20 heavy (non-hydrogen) atoms. The molecule has 5 nitrogen and oxygen atoms in total. The molecule has 0 radical (unpaired) electrons. The van der Waals surface area contributed by atoms with Crippen LogP contribution in [0.1, 0.15) is 19.8 Å². The van der Waals surface area contributed by atoms with E-state index < -0.39 is 10.0 Å². The minimum absolute atomic E-state index is 0.0577. The van der Waals surface area contributed by atoms with E-state index in [1.807, 2.05) is 6.92 Å². The molecule has 0 aliphatic heterocycles. The molecule has 0 amide bonds. The number of hydrogen-bond acceptors (Lipinski definition) is 4. The van der Waals surface area contributed by atoms with Crippen molar-refractivity contribution in [3.8, 4) is 0 Å². The Kier molecular flexibility index (Phi) is 4.96. The lowest BCUT2D eigenvalue weighted by Gasteiger charge is -2.35. The number of ether oxygens (including phenoxy) is 1. The molecule has 0 atom stereocenters. The van der Waals surface area contributed by atoms with E-state index >= 15 is 0 Å². The summed E-state index contributed by atoms with van der Waals surface area (Å²) in [4.78, 5) is 0.0577. The summed E-state index contributed by atoms with van der Waals surface area (Å²) in [5.41, 5.74) is 6.00. The predicted octanol–water partition coefficient (Wildman–Crippen LogP) is 2.53. The molecule has 3 N–H and O–H groups in total. The van der Waals surface area contributed by atoms with Crippen molar-refractivity contribution >= 4 is 43.2 Å². The van der Waals surface area contributed by atoms with Crippen molar-refractivity contribution < 1.29 is 13.2 Å². The van der Waals surface area contributed by atoms with Crippen LogP contribution in [0.25, 0.3) is 0 Å². The Hall–Kier alpha value is -0.340. The number of halogens is 2. The highest BCUT2D eigenvalue weighted by molar-refractivity contribution is 9.10. The first-order valence-corrected chi connectivity index (χ1v) is 8.87. The SMILES string of the molecule is CCOC1CC(NS(=O)(=O)c2cc(Cl)cc(N)c2Br)C1. The van der Waals surface area contributed by atoms with Gasteiger partial charge in [0.05, 0.1) is 15.5 Å². The fourth-order valence-electron chi connectivity index (χ4n) is 2.10. The molecule has 1 aliphatic rings. The molecule has 0 saturated heterocycles. The van der Waals surface area contributed by atoms with E-state index in [1.165, 1.54) is 12.1 Å². The highest BCUT2D eigenvalue weighted by Gasteiger charge is 2.34. The van der Waals surface area contributed by atoms with Gasteiger partial charge in [-0.1, -0.05) is 11.6 Å². The Balaban J connectivity index is 2.12. The van der Waals surface area contributed by atoms with Gasteiger partial charge in [-0.15, -0.1) is 0 Å². The summed E-state index contributed by atoms with van der Waals surface area (Å²) in [7, 11) is -3.65. The van der Waals surface area contributed by atoms with E-state index in [1.54, 1.807) is 0 Å². The fraction of sp³-hybridized carbons (Fsp3) is 0.500. The molecule has 1 aromatic rings. The molecule has 0 bridgehead atoms. The van der Waals surface area contributed by atoms with Crippen molar-refractivity contribution in [3.63, 3.8) is 0 Å². The van der Waals surface area contributed by atoms with Crippen molar-refractivity contribution in [2.45, 2.75) is 36.8 Å². The average Bonchev–Trinajstić information content (AvgIpc) is 2.31. The zero-order valence-corrected chi connectivity index (χ0v) is 14.1. The summed E-state index contributed by atoms with van der Waals surface area (Å²) in [5.74, 6) is 0. The second-order valence-corrected chi connectivity index (χ2v) is 7.59. The first kappa shape index (κ1) is 16.0. The standard InChI is InChI=1S/C12H16BrClN2O3S/c1-2-19-9-5-8(6-9)16-20(17,18)11-4-7(14)3-10(15)12(11)13/h3-4,8-9,16H,2,5-6,15H2,1H3. The first-order chi connectivity index (χ1) is 9.33. The topological polar surface area (TPSA) is 81.4 Å². The van der Waals surface area contributed by atoms with Gasteiger partial charge in [-0.3, -0.25) is 0 Å². The molecule has 8 heteroatoms. The molecule has 1 saturated carbocycles. The number of rotatable bonds is 5. The normalized spacial score (nSPS) is 22.6. The Bertz CT molecular complexity index is 603. The van der Waals surface area contributed by atoms with Crippen LogP contribution in [0.2, 0.25) is 5.02 Å². The number of nitrogens with one attached hydrogen (secondary N) is 1. The Morgan fingerprint density at radius 2 is 2.15 bits per heavy atom. The average molecular weight is 384 g/mol. The van der Waals surface area contributed by atoms with Gasteiger partial charge >= 0.3 is 0 Å². The fourth-order valence-corrected chi connectivity index (χ4v) is 4.65. The van der Waals surface area contributed by atoms with Gasteiger partial charge in [-0.25, -0.2) is 13.1 Å². The van der Waals surface area contributed by atoms with Crippen LogP contribution in [0.3, 0.4) is 0 Å². The maximum absolute atomic E-state index is 12.3. The monoisotopic (exact) mass is 382 g/mol. The van der Waals surface area contributed by atoms with Crippen molar-refractivity contribution in [2.24, 2.45) is 0 Å². The van der Waals surface area contributed by atoms with Crippen LogP contribution in [0.5, 0.6) is 0 Å². The molecule has 0 heterocycles. The zero-order valence-electron chi connectivity index (χ0n) is 10.9. The third-order valence-electron chi connectivity index (χ3n) is 3.14. The number of nitrogen functional groups attached to an aromatic ring is 1. The number of nitrogens with two attached hydrogens (primary N) is 1. The van der Waals surface area contributed by atoms with E-state index in [9.17, 15) is 8.42 Å². The molecule has 112 valence electrons. The van der Waals surface area contributed by atoms with Gasteiger partial charge in [0.25, 0.3) is 0 Å². The minimum atomic E-state index is -3.65. The molecule has 0 unspecified atom stereocenters. The zero-order chi connectivity index (χ0) is 14.9. The van der Waals surface area contributed by atoms with E-state index in [-0.39, 0.29) is 22.1 Å². The highest BCUT2D eigenvalue weighted by atomic mass is 79.9. The van der Waals surface area contributed by atoms with E-state index in [2.05, 4.69) is 20.7 Å². The maximum Gasteiger partial charge on any atom is 0.242 e. The van der Waals surface area contributed by atoms with E-state index in [0.717, 1.165) is 0 Å². The molecule has 1 fully saturated rings. The molecule has 0 spiro atoms.